The molecule has 0 aliphatic carbocycles. The highest BCUT2D eigenvalue weighted by Crippen LogP contribution is 2.31. The first-order chi connectivity index (χ1) is 12.8. The van der Waals surface area contributed by atoms with E-state index < -0.39 is 0 Å². The quantitative estimate of drug-likeness (QED) is 0.493. The van der Waals surface area contributed by atoms with Gasteiger partial charge in [0.2, 0.25) is 0 Å². The van der Waals surface area contributed by atoms with Crippen molar-refractivity contribution >= 4 is 5.69 Å². The Morgan fingerprint density at radius 3 is 2.04 bits per heavy atom. The summed E-state index contributed by atoms with van der Waals surface area (Å²) in [5.41, 5.74) is 3.58. The van der Waals surface area contributed by atoms with E-state index >= 15 is 0 Å². The molecule has 0 bridgehead atoms. The molecule has 26 heavy (non-hydrogen) atoms. The number of ether oxygens (including phenoxy) is 1. The van der Waals surface area contributed by atoms with Crippen LogP contribution in [0.25, 0.3) is 11.1 Å². The highest BCUT2D eigenvalue weighted by atomic mass is 16.5. The second kappa shape index (κ2) is 9.10. The van der Waals surface area contributed by atoms with Crippen molar-refractivity contribution in [2.45, 2.75) is 26.4 Å². The first-order valence-corrected chi connectivity index (χ1v) is 9.43. The van der Waals surface area contributed by atoms with Gasteiger partial charge in [-0.2, -0.15) is 0 Å². The van der Waals surface area contributed by atoms with Crippen molar-refractivity contribution in [2.75, 3.05) is 18.0 Å². The van der Waals surface area contributed by atoms with Gasteiger partial charge in [-0.3, -0.25) is 0 Å². The van der Waals surface area contributed by atoms with E-state index in [1.165, 1.54) is 11.3 Å². The zero-order valence-electron chi connectivity index (χ0n) is 15.6. The van der Waals surface area contributed by atoms with Crippen LogP contribution in [0.15, 0.2) is 84.9 Å². The molecule has 0 spiro atoms. The molecule has 0 N–H and O–H groups in total. The highest BCUT2D eigenvalue weighted by molar-refractivity contribution is 5.70. The Kier molecular flexibility index (Phi) is 6.32. The minimum atomic E-state index is 0.139. The molecule has 1 unspecified atom stereocenters. The number of hydrogen-bond acceptors (Lipinski definition) is 2. The number of para-hydroxylation sites is 2. The van der Waals surface area contributed by atoms with E-state index in [4.69, 9.17) is 4.74 Å². The lowest BCUT2D eigenvalue weighted by molar-refractivity contribution is 0.203. The third-order valence-electron chi connectivity index (χ3n) is 4.65. The van der Waals surface area contributed by atoms with Gasteiger partial charge in [-0.25, -0.2) is 0 Å². The summed E-state index contributed by atoms with van der Waals surface area (Å²) in [5, 5.41) is 0. The van der Waals surface area contributed by atoms with E-state index in [1.54, 1.807) is 0 Å². The first-order valence-electron chi connectivity index (χ1n) is 9.43. The monoisotopic (exact) mass is 345 g/mol. The minimum absolute atomic E-state index is 0.139. The lowest BCUT2D eigenvalue weighted by Gasteiger charge is -2.29. The molecule has 2 nitrogen and oxygen atoms in total. The molecule has 3 aromatic carbocycles. The number of anilines is 1. The van der Waals surface area contributed by atoms with Crippen LogP contribution in [0.5, 0.6) is 5.75 Å². The largest absolute Gasteiger partial charge is 0.488 e. The average Bonchev–Trinajstić information content (AvgIpc) is 2.72. The molecular weight excluding hydrogens is 318 g/mol. The fourth-order valence-electron chi connectivity index (χ4n) is 3.16. The normalized spacial score (nSPS) is 11.8. The first kappa shape index (κ1) is 18.1. The molecule has 0 aliphatic heterocycles. The molecule has 0 aliphatic rings. The van der Waals surface area contributed by atoms with Crippen molar-refractivity contribution in [3.05, 3.63) is 84.9 Å². The SMILES string of the molecule is CCC(CN(CC)c1ccccc1)Oc1ccccc1-c1ccccc1. The molecule has 0 radical (unpaired) electrons. The van der Waals surface area contributed by atoms with Crippen LogP contribution in [-0.2, 0) is 0 Å². The van der Waals surface area contributed by atoms with Gasteiger partial charge >= 0.3 is 0 Å². The van der Waals surface area contributed by atoms with Crippen LogP contribution in [0.1, 0.15) is 20.3 Å². The summed E-state index contributed by atoms with van der Waals surface area (Å²) in [6.45, 7) is 6.22. The molecule has 3 aromatic rings. The van der Waals surface area contributed by atoms with Crippen LogP contribution in [0.3, 0.4) is 0 Å². The maximum atomic E-state index is 6.46. The molecule has 0 aromatic heterocycles. The average molecular weight is 345 g/mol. The number of likely N-dealkylation sites (N-methyl/N-ethyl adjacent to an activating group) is 1. The number of rotatable bonds is 8. The summed E-state index contributed by atoms with van der Waals surface area (Å²) in [6, 6.07) is 29.3. The molecule has 0 fully saturated rings. The number of hydrogen-bond donors (Lipinski definition) is 0. The lowest BCUT2D eigenvalue weighted by atomic mass is 10.0. The van der Waals surface area contributed by atoms with Crippen molar-refractivity contribution in [3.8, 4) is 16.9 Å². The second-order valence-electron chi connectivity index (χ2n) is 6.38. The molecule has 0 amide bonds. The van der Waals surface area contributed by atoms with E-state index in [2.05, 4.69) is 91.5 Å². The van der Waals surface area contributed by atoms with E-state index in [9.17, 15) is 0 Å². The Morgan fingerprint density at radius 2 is 1.38 bits per heavy atom. The Hall–Kier alpha value is -2.74. The third kappa shape index (κ3) is 4.45. The minimum Gasteiger partial charge on any atom is -0.488 e. The summed E-state index contributed by atoms with van der Waals surface area (Å²) >= 11 is 0. The topological polar surface area (TPSA) is 12.5 Å². The van der Waals surface area contributed by atoms with E-state index in [0.29, 0.717) is 0 Å². The van der Waals surface area contributed by atoms with Crippen LogP contribution in [0, 0.1) is 0 Å². The number of benzene rings is 3. The summed E-state index contributed by atoms with van der Waals surface area (Å²) < 4.78 is 6.46. The van der Waals surface area contributed by atoms with Crippen molar-refractivity contribution in [1.29, 1.82) is 0 Å². The van der Waals surface area contributed by atoms with Crippen LogP contribution in [0.4, 0.5) is 5.69 Å². The summed E-state index contributed by atoms with van der Waals surface area (Å²) in [6.07, 6.45) is 1.10. The maximum Gasteiger partial charge on any atom is 0.127 e. The smallest absolute Gasteiger partial charge is 0.127 e. The predicted molar refractivity (Wildman–Crippen MR) is 111 cm³/mol. The highest BCUT2D eigenvalue weighted by Gasteiger charge is 2.16. The van der Waals surface area contributed by atoms with Gasteiger partial charge in [-0.15, -0.1) is 0 Å². The van der Waals surface area contributed by atoms with Gasteiger partial charge < -0.3 is 9.64 Å². The third-order valence-corrected chi connectivity index (χ3v) is 4.65. The van der Waals surface area contributed by atoms with E-state index in [-0.39, 0.29) is 6.10 Å². The van der Waals surface area contributed by atoms with Crippen molar-refractivity contribution < 1.29 is 4.74 Å². The summed E-state index contributed by atoms with van der Waals surface area (Å²) in [5.74, 6) is 0.953. The Morgan fingerprint density at radius 1 is 0.769 bits per heavy atom. The van der Waals surface area contributed by atoms with Crippen LogP contribution >= 0.6 is 0 Å². The fraction of sp³-hybridized carbons (Fsp3) is 0.250. The molecule has 3 rings (SSSR count). The van der Waals surface area contributed by atoms with Gasteiger partial charge in [0, 0.05) is 17.8 Å². The Balaban J connectivity index is 1.79. The maximum absolute atomic E-state index is 6.46. The van der Waals surface area contributed by atoms with Gasteiger partial charge in [-0.1, -0.05) is 73.7 Å². The van der Waals surface area contributed by atoms with Crippen molar-refractivity contribution in [2.24, 2.45) is 0 Å². The standard InChI is InChI=1S/C24H27NO/c1-3-22(19-25(4-2)21-15-9-6-10-16-21)26-24-18-12-11-17-23(24)20-13-7-5-8-14-20/h5-18,22H,3-4,19H2,1-2H3. The predicted octanol–water partition coefficient (Wildman–Crippen LogP) is 6.04. The van der Waals surface area contributed by atoms with Crippen molar-refractivity contribution in [1.82, 2.24) is 0 Å². The number of nitrogens with zero attached hydrogens (tertiary/aromatic N) is 1. The van der Waals surface area contributed by atoms with Crippen molar-refractivity contribution in [3.63, 3.8) is 0 Å². The summed E-state index contributed by atoms with van der Waals surface area (Å²) in [4.78, 5) is 2.37. The molecule has 1 atom stereocenters. The lowest BCUT2D eigenvalue weighted by Crippen LogP contribution is -2.35. The molecule has 0 heterocycles. The Bertz CT molecular complexity index is 786. The van der Waals surface area contributed by atoms with E-state index in [1.807, 2.05) is 12.1 Å². The van der Waals surface area contributed by atoms with Gasteiger partial charge in [0.15, 0.2) is 0 Å². The summed E-state index contributed by atoms with van der Waals surface area (Å²) in [7, 11) is 0. The van der Waals surface area contributed by atoms with Gasteiger partial charge in [0.1, 0.15) is 11.9 Å². The zero-order chi connectivity index (χ0) is 18.2. The van der Waals surface area contributed by atoms with E-state index in [0.717, 1.165) is 30.8 Å². The van der Waals surface area contributed by atoms with Gasteiger partial charge in [0.05, 0.1) is 6.54 Å². The molecule has 0 saturated carbocycles. The second-order valence-corrected chi connectivity index (χ2v) is 6.38. The van der Waals surface area contributed by atoms with Crippen LogP contribution in [-0.4, -0.2) is 19.2 Å². The van der Waals surface area contributed by atoms with Gasteiger partial charge in [-0.05, 0) is 37.1 Å². The molecular formula is C24H27NO. The Labute approximate surface area is 157 Å². The van der Waals surface area contributed by atoms with Crippen LogP contribution < -0.4 is 9.64 Å². The van der Waals surface area contributed by atoms with Crippen LogP contribution in [0.2, 0.25) is 0 Å². The van der Waals surface area contributed by atoms with Gasteiger partial charge in [0.25, 0.3) is 0 Å². The fourth-order valence-corrected chi connectivity index (χ4v) is 3.16. The molecule has 2 heteroatoms. The molecule has 0 saturated heterocycles. The zero-order valence-corrected chi connectivity index (χ0v) is 15.6. The molecule has 134 valence electrons.